The summed E-state index contributed by atoms with van der Waals surface area (Å²) in [6, 6.07) is 53.5. The van der Waals surface area contributed by atoms with Gasteiger partial charge in [0.1, 0.15) is 11.5 Å². The summed E-state index contributed by atoms with van der Waals surface area (Å²) >= 11 is 0. The first-order chi connectivity index (χ1) is 22.5. The Kier molecular flexibility index (Phi) is 9.70. The van der Waals surface area contributed by atoms with Gasteiger partial charge >= 0.3 is 6.16 Å². The molecule has 2 atom stereocenters. The highest BCUT2D eigenvalue weighted by Gasteiger charge is 2.11. The molecule has 0 aliphatic rings. The van der Waals surface area contributed by atoms with Gasteiger partial charge in [0.15, 0.2) is 0 Å². The Morgan fingerprint density at radius 3 is 1.07 bits per heavy atom. The molecule has 6 aromatic carbocycles. The van der Waals surface area contributed by atoms with Crippen LogP contribution in [0.3, 0.4) is 0 Å². The van der Waals surface area contributed by atoms with E-state index in [4.69, 9.17) is 9.47 Å². The van der Waals surface area contributed by atoms with E-state index < -0.39 is 6.16 Å². The topological polar surface area (TPSA) is 35.5 Å². The van der Waals surface area contributed by atoms with Gasteiger partial charge in [0.05, 0.1) is 0 Å². The SMILES string of the molecule is C[C@H](Cc1ccc(-c2ccc(OC(=O)Oc3ccc(-c4ccc(C[C@@H](C)c5ccccc5)cc4)cc3)cc2)cc1)c1ccccc1. The lowest BCUT2D eigenvalue weighted by Crippen LogP contribution is -2.13. The summed E-state index contributed by atoms with van der Waals surface area (Å²) in [5.41, 5.74) is 9.64. The van der Waals surface area contributed by atoms with Crippen LogP contribution in [-0.4, -0.2) is 6.16 Å². The third-order valence-electron chi connectivity index (χ3n) is 8.51. The molecule has 3 heteroatoms. The largest absolute Gasteiger partial charge is 0.519 e. The first kappa shape index (κ1) is 30.6. The molecule has 228 valence electrons. The van der Waals surface area contributed by atoms with Crippen LogP contribution >= 0.6 is 0 Å². The van der Waals surface area contributed by atoms with Gasteiger partial charge in [0, 0.05) is 0 Å². The Morgan fingerprint density at radius 1 is 0.435 bits per heavy atom. The van der Waals surface area contributed by atoms with Gasteiger partial charge in [-0.05, 0) is 93.5 Å². The molecule has 0 saturated carbocycles. The van der Waals surface area contributed by atoms with E-state index >= 15 is 0 Å². The highest BCUT2D eigenvalue weighted by atomic mass is 16.7. The summed E-state index contributed by atoms with van der Waals surface area (Å²) in [4.78, 5) is 12.5. The first-order valence-corrected chi connectivity index (χ1v) is 15.9. The normalized spacial score (nSPS) is 12.2. The van der Waals surface area contributed by atoms with Gasteiger partial charge in [0.25, 0.3) is 0 Å². The molecule has 0 spiro atoms. The molecule has 0 aromatic heterocycles. The molecule has 0 saturated heterocycles. The lowest BCUT2D eigenvalue weighted by atomic mass is 9.93. The van der Waals surface area contributed by atoms with Crippen molar-refractivity contribution in [3.05, 3.63) is 180 Å². The minimum absolute atomic E-state index is 0.431. The number of carbonyl (C=O) groups excluding carboxylic acids is 1. The average molecular weight is 603 g/mol. The van der Waals surface area contributed by atoms with Crippen LogP contribution in [0, 0.1) is 0 Å². The molecule has 6 rings (SSSR count). The average Bonchev–Trinajstić information content (AvgIpc) is 3.10. The Labute approximate surface area is 272 Å². The van der Waals surface area contributed by atoms with Crippen LogP contribution in [-0.2, 0) is 12.8 Å². The van der Waals surface area contributed by atoms with Gasteiger partial charge in [-0.25, -0.2) is 4.79 Å². The predicted molar refractivity (Wildman–Crippen MR) is 188 cm³/mol. The summed E-state index contributed by atoms with van der Waals surface area (Å²) in [5, 5.41) is 0. The number of hydrogen-bond donors (Lipinski definition) is 0. The maximum absolute atomic E-state index is 12.5. The van der Waals surface area contributed by atoms with E-state index in [2.05, 4.69) is 123 Å². The quantitative estimate of drug-likeness (QED) is 0.116. The zero-order valence-corrected chi connectivity index (χ0v) is 26.3. The first-order valence-electron chi connectivity index (χ1n) is 15.9. The Morgan fingerprint density at radius 2 is 0.739 bits per heavy atom. The van der Waals surface area contributed by atoms with E-state index in [9.17, 15) is 4.79 Å². The lowest BCUT2D eigenvalue weighted by molar-refractivity contribution is 0.152. The van der Waals surface area contributed by atoms with Gasteiger partial charge in [0.2, 0.25) is 0 Å². The minimum atomic E-state index is -0.769. The van der Waals surface area contributed by atoms with Crippen molar-refractivity contribution in [2.45, 2.75) is 38.5 Å². The van der Waals surface area contributed by atoms with Crippen molar-refractivity contribution in [2.75, 3.05) is 0 Å². The van der Waals surface area contributed by atoms with Crippen molar-refractivity contribution in [1.29, 1.82) is 0 Å². The minimum Gasteiger partial charge on any atom is -0.395 e. The second-order valence-corrected chi connectivity index (χ2v) is 11.9. The van der Waals surface area contributed by atoms with Gasteiger partial charge in [-0.3, -0.25) is 0 Å². The number of hydrogen-bond acceptors (Lipinski definition) is 3. The highest BCUT2D eigenvalue weighted by Crippen LogP contribution is 2.28. The van der Waals surface area contributed by atoms with E-state index in [1.54, 1.807) is 24.3 Å². The van der Waals surface area contributed by atoms with Crippen LogP contribution in [0.4, 0.5) is 4.79 Å². The summed E-state index contributed by atoms with van der Waals surface area (Å²) in [7, 11) is 0. The van der Waals surface area contributed by atoms with Gasteiger partial charge in [-0.2, -0.15) is 0 Å². The maximum Gasteiger partial charge on any atom is 0.519 e. The molecule has 0 unspecified atom stereocenters. The van der Waals surface area contributed by atoms with Crippen molar-refractivity contribution < 1.29 is 14.3 Å². The molecule has 0 aliphatic heterocycles. The molecule has 0 amide bonds. The van der Waals surface area contributed by atoms with Crippen LogP contribution < -0.4 is 9.47 Å². The summed E-state index contributed by atoms with van der Waals surface area (Å²) in [6.07, 6.45) is 1.21. The second kappa shape index (κ2) is 14.6. The maximum atomic E-state index is 12.5. The Balaban J connectivity index is 0.993. The number of benzene rings is 6. The Hall–Kier alpha value is -5.41. The second-order valence-electron chi connectivity index (χ2n) is 11.9. The predicted octanol–water partition coefficient (Wildman–Crippen LogP) is 11.3. The molecule has 0 N–H and O–H groups in total. The number of carbonyl (C=O) groups is 1. The van der Waals surface area contributed by atoms with Crippen LogP contribution in [0.25, 0.3) is 22.3 Å². The molecule has 0 radical (unpaired) electrons. The number of ether oxygens (including phenoxy) is 2. The van der Waals surface area contributed by atoms with Gasteiger partial charge < -0.3 is 9.47 Å². The van der Waals surface area contributed by atoms with Crippen molar-refractivity contribution in [3.63, 3.8) is 0 Å². The number of rotatable bonds is 10. The fourth-order valence-electron chi connectivity index (χ4n) is 5.82. The van der Waals surface area contributed by atoms with Crippen molar-refractivity contribution in [2.24, 2.45) is 0 Å². The molecule has 0 aliphatic carbocycles. The van der Waals surface area contributed by atoms with Crippen molar-refractivity contribution in [1.82, 2.24) is 0 Å². The lowest BCUT2D eigenvalue weighted by Gasteiger charge is -2.12. The summed E-state index contributed by atoms with van der Waals surface area (Å²) in [6.45, 7) is 4.52. The van der Waals surface area contributed by atoms with Crippen molar-refractivity contribution >= 4 is 6.16 Å². The van der Waals surface area contributed by atoms with Crippen LogP contribution in [0.1, 0.15) is 47.9 Å². The van der Waals surface area contributed by atoms with E-state index in [-0.39, 0.29) is 0 Å². The monoisotopic (exact) mass is 602 g/mol. The molecule has 6 aromatic rings. The summed E-state index contributed by atoms with van der Waals surface area (Å²) in [5.74, 6) is 1.78. The Bertz CT molecular complexity index is 1690. The molecule has 0 heterocycles. The summed E-state index contributed by atoms with van der Waals surface area (Å²) < 4.78 is 10.9. The fourth-order valence-corrected chi connectivity index (χ4v) is 5.82. The third-order valence-corrected chi connectivity index (χ3v) is 8.51. The van der Waals surface area contributed by atoms with Crippen molar-refractivity contribution in [3.8, 4) is 33.8 Å². The van der Waals surface area contributed by atoms with Crippen LogP contribution in [0.2, 0.25) is 0 Å². The zero-order chi connectivity index (χ0) is 31.7. The molecule has 0 fully saturated rings. The standard InChI is InChI=1S/C43H38O3/c1-31(35-9-5-3-6-10-35)29-33-13-17-37(18-14-33)39-21-25-41(26-22-39)45-43(44)46-42-27-23-40(24-28-42)38-19-15-34(16-20-38)30-32(2)36-11-7-4-8-12-36/h3-28,31-32H,29-30H2,1-2H3/t31-,32-/m1/s1. The van der Waals surface area contributed by atoms with E-state index in [0.29, 0.717) is 23.3 Å². The molecular weight excluding hydrogens is 564 g/mol. The smallest absolute Gasteiger partial charge is 0.395 e. The highest BCUT2D eigenvalue weighted by molar-refractivity contribution is 5.70. The van der Waals surface area contributed by atoms with E-state index in [1.165, 1.54) is 22.3 Å². The molecule has 3 nitrogen and oxygen atoms in total. The van der Waals surface area contributed by atoms with E-state index in [0.717, 1.165) is 35.1 Å². The third kappa shape index (κ3) is 7.99. The zero-order valence-electron chi connectivity index (χ0n) is 26.3. The molecular formula is C43H38O3. The van der Waals surface area contributed by atoms with Crippen LogP contribution in [0.15, 0.2) is 158 Å². The van der Waals surface area contributed by atoms with E-state index in [1.807, 2.05) is 24.3 Å². The van der Waals surface area contributed by atoms with Gasteiger partial charge in [-0.15, -0.1) is 0 Å². The fraction of sp³-hybridized carbons (Fsp3) is 0.140. The van der Waals surface area contributed by atoms with Crippen LogP contribution in [0.5, 0.6) is 11.5 Å². The molecule has 46 heavy (non-hydrogen) atoms. The molecule has 0 bridgehead atoms. The van der Waals surface area contributed by atoms with Gasteiger partial charge in [-0.1, -0.05) is 147 Å².